The minimum atomic E-state index is 0.761. The average molecular weight is 214 g/mol. The molecule has 0 heterocycles. The van der Waals surface area contributed by atoms with E-state index >= 15 is 0 Å². The van der Waals surface area contributed by atoms with Crippen molar-refractivity contribution in [3.8, 4) is 0 Å². The van der Waals surface area contributed by atoms with Crippen LogP contribution in [0.25, 0.3) is 0 Å². The van der Waals surface area contributed by atoms with Gasteiger partial charge in [0, 0.05) is 13.1 Å². The Morgan fingerprint density at radius 2 is 1.80 bits per heavy atom. The van der Waals surface area contributed by atoms with E-state index in [1.807, 2.05) is 0 Å². The zero-order valence-electron chi connectivity index (χ0n) is 11.1. The molecule has 0 aromatic carbocycles. The van der Waals surface area contributed by atoms with E-state index in [4.69, 9.17) is 5.73 Å². The third-order valence-electron chi connectivity index (χ3n) is 2.65. The lowest BCUT2D eigenvalue weighted by Crippen LogP contribution is -2.33. The number of rotatable bonds is 9. The summed E-state index contributed by atoms with van der Waals surface area (Å²) in [5.41, 5.74) is 5.57. The summed E-state index contributed by atoms with van der Waals surface area (Å²) in [6, 6.07) is 0. The van der Waals surface area contributed by atoms with Crippen molar-refractivity contribution < 1.29 is 0 Å². The van der Waals surface area contributed by atoms with Crippen LogP contribution < -0.4 is 5.73 Å². The molecule has 0 aromatic rings. The van der Waals surface area contributed by atoms with E-state index in [9.17, 15) is 0 Å². The molecule has 2 nitrogen and oxygen atoms in total. The number of hydrogen-bond donors (Lipinski definition) is 1. The molecule has 0 aromatic heterocycles. The summed E-state index contributed by atoms with van der Waals surface area (Å²) in [6.45, 7) is 13.7. The van der Waals surface area contributed by atoms with E-state index in [0.29, 0.717) is 0 Å². The van der Waals surface area contributed by atoms with E-state index in [1.165, 1.54) is 32.5 Å². The Bertz CT molecular complexity index is 134. The molecule has 1 atom stereocenters. The van der Waals surface area contributed by atoms with Gasteiger partial charge in [0.1, 0.15) is 0 Å². The summed E-state index contributed by atoms with van der Waals surface area (Å²) in [6.07, 6.45) is 3.77. The highest BCUT2D eigenvalue weighted by molar-refractivity contribution is 4.64. The molecule has 0 fully saturated rings. The monoisotopic (exact) mass is 214 g/mol. The zero-order valence-corrected chi connectivity index (χ0v) is 11.1. The smallest absolute Gasteiger partial charge is 0.000714 e. The van der Waals surface area contributed by atoms with Gasteiger partial charge in [-0.05, 0) is 37.8 Å². The number of hydrogen-bond acceptors (Lipinski definition) is 2. The van der Waals surface area contributed by atoms with Crippen LogP contribution in [0.2, 0.25) is 0 Å². The molecule has 0 aliphatic carbocycles. The van der Waals surface area contributed by atoms with E-state index in [1.54, 1.807) is 0 Å². The van der Waals surface area contributed by atoms with E-state index < -0.39 is 0 Å². The molecule has 0 radical (unpaired) electrons. The molecule has 2 N–H and O–H groups in total. The summed E-state index contributed by atoms with van der Waals surface area (Å²) in [5.74, 6) is 1.59. The van der Waals surface area contributed by atoms with Gasteiger partial charge in [-0.15, -0.1) is 0 Å². The Hall–Kier alpha value is -0.0800. The molecule has 0 spiro atoms. The van der Waals surface area contributed by atoms with Gasteiger partial charge in [0.25, 0.3) is 0 Å². The maximum absolute atomic E-state index is 5.57. The van der Waals surface area contributed by atoms with Crippen molar-refractivity contribution in [3.63, 3.8) is 0 Å². The van der Waals surface area contributed by atoms with Crippen molar-refractivity contribution in [1.29, 1.82) is 0 Å². The molecule has 0 bridgehead atoms. The van der Waals surface area contributed by atoms with Crippen LogP contribution in [-0.2, 0) is 0 Å². The van der Waals surface area contributed by atoms with Gasteiger partial charge in [0.05, 0.1) is 0 Å². The second-order valence-corrected chi connectivity index (χ2v) is 5.19. The van der Waals surface area contributed by atoms with Gasteiger partial charge < -0.3 is 10.6 Å². The molecule has 92 valence electrons. The van der Waals surface area contributed by atoms with Crippen LogP contribution in [0.15, 0.2) is 0 Å². The van der Waals surface area contributed by atoms with Crippen LogP contribution in [0.3, 0.4) is 0 Å². The van der Waals surface area contributed by atoms with E-state index in [0.717, 1.165) is 24.8 Å². The lowest BCUT2D eigenvalue weighted by molar-refractivity contribution is 0.208. The van der Waals surface area contributed by atoms with Crippen LogP contribution >= 0.6 is 0 Å². The summed E-state index contributed by atoms with van der Waals surface area (Å²) in [5, 5.41) is 0. The molecule has 0 rings (SSSR count). The molecule has 15 heavy (non-hydrogen) atoms. The fourth-order valence-electron chi connectivity index (χ4n) is 2.11. The van der Waals surface area contributed by atoms with Crippen LogP contribution in [0.5, 0.6) is 0 Å². The van der Waals surface area contributed by atoms with Crippen molar-refractivity contribution in [1.82, 2.24) is 4.90 Å². The Morgan fingerprint density at radius 3 is 2.27 bits per heavy atom. The molecular formula is C13H30N2. The van der Waals surface area contributed by atoms with Crippen molar-refractivity contribution >= 4 is 0 Å². The fraction of sp³-hybridized carbons (Fsp3) is 1.00. The second-order valence-electron chi connectivity index (χ2n) is 5.19. The Morgan fingerprint density at radius 1 is 1.13 bits per heavy atom. The molecule has 2 heteroatoms. The Balaban J connectivity index is 3.87. The maximum atomic E-state index is 5.57. The van der Waals surface area contributed by atoms with Crippen molar-refractivity contribution in [2.75, 3.05) is 26.2 Å². The quantitative estimate of drug-likeness (QED) is 0.639. The predicted octanol–water partition coefficient (Wildman–Crippen LogP) is 2.73. The zero-order chi connectivity index (χ0) is 11.7. The Kier molecular flexibility index (Phi) is 9.12. The molecule has 0 aliphatic rings. The third-order valence-corrected chi connectivity index (χ3v) is 2.65. The van der Waals surface area contributed by atoms with Crippen LogP contribution in [0.4, 0.5) is 0 Å². The second kappa shape index (κ2) is 9.17. The summed E-state index contributed by atoms with van der Waals surface area (Å²) in [4.78, 5) is 2.58. The summed E-state index contributed by atoms with van der Waals surface area (Å²) >= 11 is 0. The van der Waals surface area contributed by atoms with Gasteiger partial charge in [-0.1, -0.05) is 34.1 Å². The van der Waals surface area contributed by atoms with Crippen molar-refractivity contribution in [2.24, 2.45) is 17.6 Å². The molecule has 0 amide bonds. The highest BCUT2D eigenvalue weighted by atomic mass is 15.1. The van der Waals surface area contributed by atoms with E-state index in [2.05, 4.69) is 32.6 Å². The minimum absolute atomic E-state index is 0.761. The van der Waals surface area contributed by atoms with Gasteiger partial charge in [-0.25, -0.2) is 0 Å². The van der Waals surface area contributed by atoms with E-state index in [-0.39, 0.29) is 0 Å². The summed E-state index contributed by atoms with van der Waals surface area (Å²) < 4.78 is 0. The fourth-order valence-corrected chi connectivity index (χ4v) is 2.11. The van der Waals surface area contributed by atoms with Crippen molar-refractivity contribution in [2.45, 2.75) is 47.0 Å². The van der Waals surface area contributed by atoms with Gasteiger partial charge in [0.2, 0.25) is 0 Å². The third kappa shape index (κ3) is 8.88. The molecule has 1 unspecified atom stereocenters. The molecule has 0 saturated heterocycles. The first kappa shape index (κ1) is 14.9. The SMILES string of the molecule is CCCC(C)CN(CCCN)CC(C)C. The van der Waals surface area contributed by atoms with Crippen LogP contribution in [0.1, 0.15) is 47.0 Å². The highest BCUT2D eigenvalue weighted by Crippen LogP contribution is 2.09. The van der Waals surface area contributed by atoms with Crippen LogP contribution in [-0.4, -0.2) is 31.1 Å². The molecule has 0 saturated carbocycles. The lowest BCUT2D eigenvalue weighted by Gasteiger charge is -2.27. The first-order valence-corrected chi connectivity index (χ1v) is 6.52. The molecule has 0 aliphatic heterocycles. The van der Waals surface area contributed by atoms with Gasteiger partial charge in [0.15, 0.2) is 0 Å². The predicted molar refractivity (Wildman–Crippen MR) is 69.0 cm³/mol. The number of nitrogens with zero attached hydrogens (tertiary/aromatic N) is 1. The average Bonchev–Trinajstić information content (AvgIpc) is 2.13. The number of nitrogens with two attached hydrogens (primary N) is 1. The van der Waals surface area contributed by atoms with Crippen molar-refractivity contribution in [3.05, 3.63) is 0 Å². The first-order chi connectivity index (χ1) is 7.10. The van der Waals surface area contributed by atoms with Gasteiger partial charge in [-0.3, -0.25) is 0 Å². The van der Waals surface area contributed by atoms with Crippen LogP contribution in [0, 0.1) is 11.8 Å². The summed E-state index contributed by atoms with van der Waals surface area (Å²) in [7, 11) is 0. The van der Waals surface area contributed by atoms with Gasteiger partial charge in [-0.2, -0.15) is 0 Å². The first-order valence-electron chi connectivity index (χ1n) is 6.52. The minimum Gasteiger partial charge on any atom is -0.330 e. The van der Waals surface area contributed by atoms with Gasteiger partial charge >= 0.3 is 0 Å². The molecular weight excluding hydrogens is 184 g/mol. The topological polar surface area (TPSA) is 29.3 Å². The lowest BCUT2D eigenvalue weighted by atomic mass is 10.0. The normalized spacial score (nSPS) is 13.8. The Labute approximate surface area is 96.2 Å². The largest absolute Gasteiger partial charge is 0.330 e. The standard InChI is InChI=1S/C13H30N2/c1-5-7-13(4)11-15(9-6-8-14)10-12(2)3/h12-13H,5-11,14H2,1-4H3. The maximum Gasteiger partial charge on any atom is 0.000714 e. The highest BCUT2D eigenvalue weighted by Gasteiger charge is 2.10.